The number of methoxy groups -OCH3 is 2. The van der Waals surface area contributed by atoms with E-state index in [1.54, 1.807) is 14.2 Å². The summed E-state index contributed by atoms with van der Waals surface area (Å²) in [5.74, 6) is 3.14. The van der Waals surface area contributed by atoms with Crippen molar-refractivity contribution < 1.29 is 19.0 Å². The molecule has 0 aromatic heterocycles. The van der Waals surface area contributed by atoms with Crippen molar-refractivity contribution in [3.8, 4) is 11.5 Å². The quantitative estimate of drug-likeness (QED) is 0.584. The molecular weight excluding hydrogens is 416 g/mol. The monoisotopic (exact) mass is 458 g/mol. The van der Waals surface area contributed by atoms with E-state index in [0.717, 1.165) is 50.4 Å². The molecule has 0 saturated carbocycles. The number of benzene rings is 1. The maximum Gasteiger partial charge on any atom is 0.307 e. The van der Waals surface area contributed by atoms with Gasteiger partial charge in [-0.05, 0) is 79.7 Å². The molecule has 0 radical (unpaired) electrons. The highest BCUT2D eigenvalue weighted by Crippen LogP contribution is 2.45. The van der Waals surface area contributed by atoms with Gasteiger partial charge in [-0.1, -0.05) is 20.3 Å². The van der Waals surface area contributed by atoms with Crippen molar-refractivity contribution >= 4 is 5.97 Å². The van der Waals surface area contributed by atoms with Crippen LogP contribution in [0.15, 0.2) is 12.1 Å². The lowest BCUT2D eigenvalue weighted by atomic mass is 9.74. The van der Waals surface area contributed by atoms with Crippen LogP contribution >= 0.6 is 0 Å². The van der Waals surface area contributed by atoms with E-state index in [4.69, 9.17) is 14.2 Å². The number of carbonyl (C=O) groups is 1. The van der Waals surface area contributed by atoms with E-state index in [1.807, 2.05) is 0 Å². The summed E-state index contributed by atoms with van der Waals surface area (Å²) in [7, 11) is 3.40. The summed E-state index contributed by atoms with van der Waals surface area (Å²) >= 11 is 0. The van der Waals surface area contributed by atoms with Crippen molar-refractivity contribution in [2.45, 2.75) is 70.9 Å². The minimum atomic E-state index is -0.0458. The van der Waals surface area contributed by atoms with Crippen molar-refractivity contribution in [1.29, 1.82) is 0 Å². The molecule has 6 nitrogen and oxygen atoms in total. The number of rotatable bonds is 8. The molecule has 0 bridgehead atoms. The molecule has 4 unspecified atom stereocenters. The van der Waals surface area contributed by atoms with Gasteiger partial charge in [-0.3, -0.25) is 9.69 Å². The molecule has 4 atom stereocenters. The van der Waals surface area contributed by atoms with E-state index in [-0.39, 0.29) is 12.0 Å². The van der Waals surface area contributed by atoms with E-state index in [9.17, 15) is 4.79 Å². The van der Waals surface area contributed by atoms with Crippen LogP contribution in [0.2, 0.25) is 0 Å². The average Bonchev–Trinajstić information content (AvgIpc) is 2.82. The highest BCUT2D eigenvalue weighted by atomic mass is 16.5. The first-order chi connectivity index (χ1) is 16.0. The van der Waals surface area contributed by atoms with Gasteiger partial charge in [0.2, 0.25) is 0 Å². The van der Waals surface area contributed by atoms with E-state index in [1.165, 1.54) is 30.4 Å². The second-order valence-corrected chi connectivity index (χ2v) is 10.6. The molecule has 4 rings (SSSR count). The largest absolute Gasteiger partial charge is 0.493 e. The first-order valence-corrected chi connectivity index (χ1v) is 12.9. The number of hydrogen-bond donors (Lipinski definition) is 1. The van der Waals surface area contributed by atoms with Gasteiger partial charge in [0.25, 0.3) is 0 Å². The first-order valence-electron chi connectivity index (χ1n) is 12.9. The second kappa shape index (κ2) is 11.1. The van der Waals surface area contributed by atoms with Crippen LogP contribution in [0, 0.1) is 17.8 Å². The SMILES string of the molecule is COc1cc2c(cc1OC)C1CC(COC(=O)CC3CCCCN3)C(CC(C)C)CN1CC2. The normalized spacial score (nSPS) is 27.5. The molecule has 6 heteroatoms. The van der Waals surface area contributed by atoms with Gasteiger partial charge in [0.1, 0.15) is 0 Å². The molecule has 3 heterocycles. The van der Waals surface area contributed by atoms with Crippen molar-refractivity contribution in [1.82, 2.24) is 10.2 Å². The number of piperidine rings is 2. The number of fused-ring (bicyclic) bond motifs is 3. The Morgan fingerprint density at radius 1 is 1.15 bits per heavy atom. The van der Waals surface area contributed by atoms with Gasteiger partial charge in [-0.2, -0.15) is 0 Å². The lowest BCUT2D eigenvalue weighted by Crippen LogP contribution is -2.47. The Bertz CT molecular complexity index is 806. The van der Waals surface area contributed by atoms with Crippen molar-refractivity contribution in [2.24, 2.45) is 17.8 Å². The minimum absolute atomic E-state index is 0.0458. The summed E-state index contributed by atoms with van der Waals surface area (Å²) in [4.78, 5) is 15.3. The predicted molar refractivity (Wildman–Crippen MR) is 130 cm³/mol. The smallest absolute Gasteiger partial charge is 0.307 e. The molecule has 3 aliphatic heterocycles. The van der Waals surface area contributed by atoms with Crippen LogP contribution in [-0.2, 0) is 16.0 Å². The number of nitrogens with one attached hydrogen (secondary N) is 1. The number of hydrogen-bond acceptors (Lipinski definition) is 6. The zero-order chi connectivity index (χ0) is 23.4. The third-order valence-corrected chi connectivity index (χ3v) is 7.83. The Kier molecular flexibility index (Phi) is 8.18. The Balaban J connectivity index is 1.47. The molecule has 3 aliphatic rings. The molecule has 1 N–H and O–H groups in total. The molecule has 2 fully saturated rings. The number of esters is 1. The Hall–Kier alpha value is -1.79. The van der Waals surface area contributed by atoms with Crippen molar-refractivity contribution in [2.75, 3.05) is 40.5 Å². The summed E-state index contributed by atoms with van der Waals surface area (Å²) in [6.07, 6.45) is 7.22. The van der Waals surface area contributed by atoms with Gasteiger partial charge >= 0.3 is 5.97 Å². The van der Waals surface area contributed by atoms with Crippen LogP contribution in [-0.4, -0.2) is 57.4 Å². The van der Waals surface area contributed by atoms with Gasteiger partial charge in [0.05, 0.1) is 27.2 Å². The zero-order valence-corrected chi connectivity index (χ0v) is 20.9. The summed E-state index contributed by atoms with van der Waals surface area (Å²) in [5.41, 5.74) is 2.71. The lowest BCUT2D eigenvalue weighted by molar-refractivity contribution is -0.147. The van der Waals surface area contributed by atoms with Gasteiger partial charge in [0, 0.05) is 25.2 Å². The fraction of sp³-hybridized carbons (Fsp3) is 0.741. The molecule has 184 valence electrons. The molecule has 33 heavy (non-hydrogen) atoms. The van der Waals surface area contributed by atoms with Gasteiger partial charge < -0.3 is 19.5 Å². The maximum absolute atomic E-state index is 12.6. The standard InChI is InChI=1S/C27H42N2O4/c1-18(2)11-20-16-29-10-8-19-13-25(31-3)26(32-4)15-23(19)24(29)12-21(20)17-33-27(30)14-22-7-5-6-9-28-22/h13,15,18,20-22,24,28H,5-12,14,16-17H2,1-4H3. The number of ether oxygens (including phenoxy) is 3. The highest BCUT2D eigenvalue weighted by Gasteiger charge is 2.40. The Labute approximate surface area is 199 Å². The molecule has 1 aromatic rings. The summed E-state index contributed by atoms with van der Waals surface area (Å²) in [6.45, 7) is 8.29. The van der Waals surface area contributed by atoms with E-state index < -0.39 is 0 Å². The zero-order valence-electron chi connectivity index (χ0n) is 20.9. The second-order valence-electron chi connectivity index (χ2n) is 10.6. The molecule has 1 aromatic carbocycles. The predicted octanol–water partition coefficient (Wildman–Crippen LogP) is 4.36. The molecule has 0 spiro atoms. The fourth-order valence-corrected chi connectivity index (χ4v) is 6.14. The summed E-state index contributed by atoms with van der Waals surface area (Å²) in [6, 6.07) is 4.96. The van der Waals surface area contributed by atoms with Crippen LogP contribution < -0.4 is 14.8 Å². The van der Waals surface area contributed by atoms with E-state index >= 15 is 0 Å². The molecular formula is C27H42N2O4. The summed E-state index contributed by atoms with van der Waals surface area (Å²) < 4.78 is 17.1. The number of nitrogens with zero attached hydrogens (tertiary/aromatic N) is 1. The van der Waals surface area contributed by atoms with Crippen LogP contribution in [0.4, 0.5) is 0 Å². The molecule has 0 aliphatic carbocycles. The molecule has 0 amide bonds. The van der Waals surface area contributed by atoms with Crippen LogP contribution in [0.1, 0.15) is 69.5 Å². The van der Waals surface area contributed by atoms with E-state index in [0.29, 0.717) is 36.8 Å². The Morgan fingerprint density at radius 3 is 2.64 bits per heavy atom. The highest BCUT2D eigenvalue weighted by molar-refractivity contribution is 5.70. The van der Waals surface area contributed by atoms with Crippen LogP contribution in [0.25, 0.3) is 0 Å². The van der Waals surface area contributed by atoms with Gasteiger partial charge in [0.15, 0.2) is 11.5 Å². The first kappa shape index (κ1) is 24.3. The maximum atomic E-state index is 12.6. The van der Waals surface area contributed by atoms with Crippen molar-refractivity contribution in [3.05, 3.63) is 23.3 Å². The topological polar surface area (TPSA) is 60.0 Å². The summed E-state index contributed by atoms with van der Waals surface area (Å²) in [5, 5.41) is 3.46. The average molecular weight is 459 g/mol. The minimum Gasteiger partial charge on any atom is -0.493 e. The Morgan fingerprint density at radius 2 is 1.94 bits per heavy atom. The molecule has 2 saturated heterocycles. The fourth-order valence-electron chi connectivity index (χ4n) is 6.14. The van der Waals surface area contributed by atoms with E-state index in [2.05, 4.69) is 36.2 Å². The van der Waals surface area contributed by atoms with Gasteiger partial charge in [-0.25, -0.2) is 0 Å². The lowest BCUT2D eigenvalue weighted by Gasteiger charge is -2.47. The third-order valence-electron chi connectivity index (χ3n) is 7.83. The van der Waals surface area contributed by atoms with Crippen LogP contribution in [0.3, 0.4) is 0 Å². The van der Waals surface area contributed by atoms with Crippen LogP contribution in [0.5, 0.6) is 11.5 Å². The third kappa shape index (κ3) is 5.83. The van der Waals surface area contributed by atoms with Crippen molar-refractivity contribution in [3.63, 3.8) is 0 Å². The number of carbonyl (C=O) groups excluding carboxylic acids is 1. The van der Waals surface area contributed by atoms with Gasteiger partial charge in [-0.15, -0.1) is 0 Å².